The molecular weight excluding hydrogens is 284 g/mol. The first kappa shape index (κ1) is 15.7. The molecule has 1 aliphatic carbocycles. The first-order valence-electron chi connectivity index (χ1n) is 6.99. The smallest absolute Gasteiger partial charge is 0.322 e. The Morgan fingerprint density at radius 2 is 1.85 bits per heavy atom. The molecular formula is C12H22N2O5S. The van der Waals surface area contributed by atoms with Crippen molar-refractivity contribution in [2.24, 2.45) is 0 Å². The van der Waals surface area contributed by atoms with E-state index in [4.69, 9.17) is 5.11 Å². The third-order valence-corrected chi connectivity index (χ3v) is 6.29. The van der Waals surface area contributed by atoms with Gasteiger partial charge in [0.2, 0.25) is 0 Å². The first-order chi connectivity index (χ1) is 9.34. The molecule has 0 radical (unpaired) electrons. The number of aliphatic hydroxyl groups is 1. The standard InChI is InChI=1S/C12H22N2O5S/c1-13(9-5-3-2-4-6-9)20(18,19)14-8-10(15)7-11(14)12(16)17/h9-11,15H,2-8H2,1H3,(H,16,17)/t10-,11+/m1/s1. The van der Waals surface area contributed by atoms with Crippen LogP contribution < -0.4 is 0 Å². The van der Waals surface area contributed by atoms with Gasteiger partial charge in [-0.15, -0.1) is 0 Å². The lowest BCUT2D eigenvalue weighted by Gasteiger charge is -2.34. The summed E-state index contributed by atoms with van der Waals surface area (Å²) in [5.41, 5.74) is 0. The molecule has 2 atom stereocenters. The third-order valence-electron chi connectivity index (χ3n) is 4.27. The maximum Gasteiger partial charge on any atom is 0.322 e. The Morgan fingerprint density at radius 3 is 2.40 bits per heavy atom. The molecule has 2 rings (SSSR count). The van der Waals surface area contributed by atoms with Gasteiger partial charge >= 0.3 is 5.97 Å². The average Bonchev–Trinajstić information content (AvgIpc) is 2.82. The van der Waals surface area contributed by atoms with Crippen molar-refractivity contribution < 1.29 is 23.4 Å². The van der Waals surface area contributed by atoms with Crippen LogP contribution in [0.4, 0.5) is 0 Å². The fraction of sp³-hybridized carbons (Fsp3) is 0.917. The molecule has 1 aliphatic heterocycles. The predicted molar refractivity (Wildman–Crippen MR) is 72.3 cm³/mol. The van der Waals surface area contributed by atoms with Crippen molar-refractivity contribution in [3.05, 3.63) is 0 Å². The van der Waals surface area contributed by atoms with E-state index >= 15 is 0 Å². The van der Waals surface area contributed by atoms with Crippen LogP contribution >= 0.6 is 0 Å². The first-order valence-corrected chi connectivity index (χ1v) is 8.39. The van der Waals surface area contributed by atoms with Crippen molar-refractivity contribution in [1.82, 2.24) is 8.61 Å². The van der Waals surface area contributed by atoms with Crippen molar-refractivity contribution in [1.29, 1.82) is 0 Å². The summed E-state index contributed by atoms with van der Waals surface area (Å²) in [5, 5.41) is 18.7. The summed E-state index contributed by atoms with van der Waals surface area (Å²) in [6.45, 7) is -0.142. The van der Waals surface area contributed by atoms with Crippen molar-refractivity contribution in [2.75, 3.05) is 13.6 Å². The van der Waals surface area contributed by atoms with Crippen molar-refractivity contribution in [3.8, 4) is 0 Å². The highest BCUT2D eigenvalue weighted by atomic mass is 32.2. The molecule has 0 aromatic rings. The number of hydrogen-bond donors (Lipinski definition) is 2. The lowest BCUT2D eigenvalue weighted by molar-refractivity contribution is -0.140. The quantitative estimate of drug-likeness (QED) is 0.763. The summed E-state index contributed by atoms with van der Waals surface area (Å²) in [5.74, 6) is -1.21. The van der Waals surface area contributed by atoms with E-state index < -0.39 is 28.3 Å². The van der Waals surface area contributed by atoms with E-state index in [0.29, 0.717) is 0 Å². The highest BCUT2D eigenvalue weighted by Gasteiger charge is 2.45. The number of carboxylic acid groups (broad SMARTS) is 1. The number of aliphatic hydroxyl groups excluding tert-OH is 1. The number of rotatable bonds is 4. The molecule has 0 bridgehead atoms. The van der Waals surface area contributed by atoms with Crippen molar-refractivity contribution >= 4 is 16.2 Å². The van der Waals surface area contributed by atoms with Crippen LogP contribution in [-0.4, -0.2) is 65.0 Å². The van der Waals surface area contributed by atoms with Crippen molar-refractivity contribution in [2.45, 2.75) is 56.7 Å². The van der Waals surface area contributed by atoms with Gasteiger partial charge in [0.1, 0.15) is 6.04 Å². The van der Waals surface area contributed by atoms with Crippen LogP contribution in [0.2, 0.25) is 0 Å². The Bertz CT molecular complexity index is 460. The molecule has 0 aromatic carbocycles. The number of aliphatic carboxylic acids is 1. The molecule has 0 unspecified atom stereocenters. The Morgan fingerprint density at radius 1 is 1.25 bits per heavy atom. The Labute approximate surface area is 119 Å². The molecule has 0 aromatic heterocycles. The van der Waals surface area contributed by atoms with Gasteiger partial charge < -0.3 is 10.2 Å². The van der Waals surface area contributed by atoms with E-state index in [1.165, 1.54) is 11.4 Å². The van der Waals surface area contributed by atoms with E-state index in [0.717, 1.165) is 36.4 Å². The van der Waals surface area contributed by atoms with Gasteiger partial charge in [0, 0.05) is 26.1 Å². The van der Waals surface area contributed by atoms with Crippen LogP contribution in [0, 0.1) is 0 Å². The van der Waals surface area contributed by atoms with Crippen molar-refractivity contribution in [3.63, 3.8) is 0 Å². The molecule has 1 heterocycles. The molecule has 2 N–H and O–H groups in total. The molecule has 0 amide bonds. The maximum atomic E-state index is 12.6. The van der Waals surface area contributed by atoms with Gasteiger partial charge in [-0.05, 0) is 12.8 Å². The maximum absolute atomic E-state index is 12.6. The van der Waals surface area contributed by atoms with Crippen LogP contribution in [0.5, 0.6) is 0 Å². The van der Waals surface area contributed by atoms with Gasteiger partial charge in [-0.2, -0.15) is 17.0 Å². The van der Waals surface area contributed by atoms with Crippen LogP contribution in [0.3, 0.4) is 0 Å². The van der Waals surface area contributed by atoms with Crippen LogP contribution in [0.15, 0.2) is 0 Å². The molecule has 1 saturated carbocycles. The van der Waals surface area contributed by atoms with Gasteiger partial charge in [-0.3, -0.25) is 4.79 Å². The lowest BCUT2D eigenvalue weighted by atomic mass is 9.96. The zero-order valence-electron chi connectivity index (χ0n) is 11.6. The highest BCUT2D eigenvalue weighted by Crippen LogP contribution is 2.28. The number of nitrogens with zero attached hydrogens (tertiary/aromatic N) is 2. The molecule has 0 spiro atoms. The second-order valence-electron chi connectivity index (χ2n) is 5.63. The minimum absolute atomic E-state index is 0.0485. The van der Waals surface area contributed by atoms with Gasteiger partial charge in [0.15, 0.2) is 0 Å². The predicted octanol–water partition coefficient (Wildman–Crippen LogP) is 0.0155. The second kappa shape index (κ2) is 5.97. The highest BCUT2D eigenvalue weighted by molar-refractivity contribution is 7.86. The third kappa shape index (κ3) is 2.98. The number of β-amino-alcohol motifs (C(OH)–C–C–N with tert-alkyl or cyclic N) is 1. The zero-order valence-corrected chi connectivity index (χ0v) is 12.4. The van der Waals surface area contributed by atoms with E-state index in [-0.39, 0.29) is 19.0 Å². The molecule has 2 fully saturated rings. The number of hydrogen-bond acceptors (Lipinski definition) is 4. The minimum Gasteiger partial charge on any atom is -0.480 e. The second-order valence-corrected chi connectivity index (χ2v) is 7.57. The van der Waals surface area contributed by atoms with Gasteiger partial charge in [0.25, 0.3) is 10.2 Å². The fourth-order valence-electron chi connectivity index (χ4n) is 3.06. The van der Waals surface area contributed by atoms with Gasteiger partial charge in [-0.1, -0.05) is 19.3 Å². The zero-order chi connectivity index (χ0) is 14.9. The summed E-state index contributed by atoms with van der Waals surface area (Å²) in [7, 11) is -2.33. The van der Waals surface area contributed by atoms with E-state index in [9.17, 15) is 18.3 Å². The summed E-state index contributed by atoms with van der Waals surface area (Å²) < 4.78 is 27.4. The van der Waals surface area contributed by atoms with Gasteiger partial charge in [-0.25, -0.2) is 0 Å². The summed E-state index contributed by atoms with van der Waals surface area (Å²) in [4.78, 5) is 11.2. The average molecular weight is 306 g/mol. The van der Waals surface area contributed by atoms with Crippen LogP contribution in [0.25, 0.3) is 0 Å². The molecule has 7 nitrogen and oxygen atoms in total. The fourth-order valence-corrected chi connectivity index (χ4v) is 4.84. The van der Waals surface area contributed by atoms with Gasteiger partial charge in [0.05, 0.1) is 6.10 Å². The van der Waals surface area contributed by atoms with Crippen LogP contribution in [0.1, 0.15) is 38.5 Å². The number of carboxylic acids is 1. The van der Waals surface area contributed by atoms with E-state index in [1.807, 2.05) is 0 Å². The molecule has 116 valence electrons. The largest absolute Gasteiger partial charge is 0.480 e. The minimum atomic E-state index is -3.84. The van der Waals surface area contributed by atoms with E-state index in [1.54, 1.807) is 0 Å². The monoisotopic (exact) mass is 306 g/mol. The van der Waals surface area contributed by atoms with E-state index in [2.05, 4.69) is 0 Å². The normalized spacial score (nSPS) is 29.9. The SMILES string of the molecule is CN(C1CCCCC1)S(=O)(=O)N1C[C@H](O)C[C@H]1C(=O)O. The molecule has 20 heavy (non-hydrogen) atoms. The summed E-state index contributed by atoms with van der Waals surface area (Å²) in [6.07, 6.45) is 3.77. The molecule has 8 heteroatoms. The Kier molecular flexibility index (Phi) is 4.68. The topological polar surface area (TPSA) is 98.2 Å². The summed E-state index contributed by atoms with van der Waals surface area (Å²) in [6, 6.07) is -1.23. The summed E-state index contributed by atoms with van der Waals surface area (Å²) >= 11 is 0. The molecule has 1 saturated heterocycles. The van der Waals surface area contributed by atoms with Crippen LogP contribution in [-0.2, 0) is 15.0 Å². The Balaban J connectivity index is 2.17. The lowest BCUT2D eigenvalue weighted by Crippen LogP contribution is -2.50. The molecule has 2 aliphatic rings. The number of carbonyl (C=O) groups is 1. The Hall–Kier alpha value is -0.700.